The summed E-state index contributed by atoms with van der Waals surface area (Å²) in [4.78, 5) is 11.6. The molecule has 120 valence electrons. The van der Waals surface area contributed by atoms with Crippen molar-refractivity contribution in [2.45, 2.75) is 26.2 Å². The Kier molecular flexibility index (Phi) is 9.37. The van der Waals surface area contributed by atoms with E-state index in [1.807, 2.05) is 0 Å². The Morgan fingerprint density at radius 1 is 1.35 bits per heavy atom. The first-order valence-electron chi connectivity index (χ1n) is 6.84. The highest BCUT2D eigenvalue weighted by Gasteiger charge is 2.20. The number of hydrogen-bond acceptors (Lipinski definition) is 4. The zero-order chi connectivity index (χ0) is 14.3. The maximum Gasteiger partial charge on any atom is 0.224 e. The minimum Gasteiger partial charge on any atom is -0.355 e. The van der Waals surface area contributed by atoms with E-state index in [0.29, 0.717) is 19.0 Å². The molecular weight excluding hydrogens is 302 g/mol. The Balaban J connectivity index is 0.00000361. The summed E-state index contributed by atoms with van der Waals surface area (Å²) in [5, 5.41) is 5.55. The van der Waals surface area contributed by atoms with Crippen molar-refractivity contribution < 1.29 is 13.2 Å². The lowest BCUT2D eigenvalue weighted by Gasteiger charge is -2.25. The predicted molar refractivity (Wildman–Crippen MR) is 82.5 cm³/mol. The summed E-state index contributed by atoms with van der Waals surface area (Å²) < 4.78 is 26.0. The molecule has 0 aliphatic heterocycles. The predicted octanol–water partition coefficient (Wildman–Crippen LogP) is 0.0994. The van der Waals surface area contributed by atoms with Gasteiger partial charge >= 0.3 is 0 Å². The average molecular weight is 328 g/mol. The summed E-state index contributed by atoms with van der Waals surface area (Å²) in [6.07, 6.45) is 3.42. The first-order valence-corrected chi connectivity index (χ1v) is 8.49. The largest absolute Gasteiger partial charge is 0.355 e. The maximum absolute atomic E-state index is 11.7. The monoisotopic (exact) mass is 327 g/mol. The SMILES string of the molecule is CNCC(C)C(=O)NCCS(=O)(=O)NCC1CCC1.Cl. The van der Waals surface area contributed by atoms with Crippen molar-refractivity contribution in [3.8, 4) is 0 Å². The Morgan fingerprint density at radius 3 is 2.50 bits per heavy atom. The number of hydrogen-bond donors (Lipinski definition) is 3. The molecule has 1 rings (SSSR count). The van der Waals surface area contributed by atoms with Gasteiger partial charge in [0.2, 0.25) is 15.9 Å². The average Bonchev–Trinajstić information content (AvgIpc) is 2.26. The van der Waals surface area contributed by atoms with Crippen molar-refractivity contribution >= 4 is 28.3 Å². The molecule has 1 aliphatic rings. The molecule has 1 fully saturated rings. The fraction of sp³-hybridized carbons (Fsp3) is 0.917. The fourth-order valence-corrected chi connectivity index (χ4v) is 2.90. The van der Waals surface area contributed by atoms with Crippen molar-refractivity contribution in [2.24, 2.45) is 11.8 Å². The fourth-order valence-electron chi connectivity index (χ4n) is 1.90. The third-order valence-electron chi connectivity index (χ3n) is 3.44. The first kappa shape index (κ1) is 19.6. The van der Waals surface area contributed by atoms with E-state index in [-0.39, 0.29) is 36.5 Å². The summed E-state index contributed by atoms with van der Waals surface area (Å²) >= 11 is 0. The van der Waals surface area contributed by atoms with E-state index in [4.69, 9.17) is 0 Å². The molecule has 0 aromatic rings. The van der Waals surface area contributed by atoms with Gasteiger partial charge in [0.25, 0.3) is 0 Å². The zero-order valence-corrected chi connectivity index (χ0v) is 13.8. The van der Waals surface area contributed by atoms with Crippen LogP contribution in [0.5, 0.6) is 0 Å². The highest BCUT2D eigenvalue weighted by molar-refractivity contribution is 7.89. The minimum absolute atomic E-state index is 0. The molecule has 0 radical (unpaired) electrons. The van der Waals surface area contributed by atoms with E-state index in [0.717, 1.165) is 12.8 Å². The van der Waals surface area contributed by atoms with E-state index in [2.05, 4.69) is 15.4 Å². The van der Waals surface area contributed by atoms with Crippen LogP contribution in [0.2, 0.25) is 0 Å². The zero-order valence-electron chi connectivity index (χ0n) is 12.1. The molecule has 1 saturated carbocycles. The van der Waals surface area contributed by atoms with Crippen LogP contribution < -0.4 is 15.4 Å². The highest BCUT2D eigenvalue weighted by atomic mass is 35.5. The van der Waals surface area contributed by atoms with Gasteiger partial charge < -0.3 is 10.6 Å². The van der Waals surface area contributed by atoms with Crippen LogP contribution in [0.3, 0.4) is 0 Å². The second-order valence-electron chi connectivity index (χ2n) is 5.21. The van der Waals surface area contributed by atoms with Crippen molar-refractivity contribution in [1.29, 1.82) is 0 Å². The number of nitrogens with one attached hydrogen (secondary N) is 3. The van der Waals surface area contributed by atoms with Crippen molar-refractivity contribution in [1.82, 2.24) is 15.4 Å². The van der Waals surface area contributed by atoms with Crippen LogP contribution in [0.4, 0.5) is 0 Å². The molecule has 0 aromatic carbocycles. The third kappa shape index (κ3) is 7.42. The molecule has 0 heterocycles. The van der Waals surface area contributed by atoms with Crippen LogP contribution in [0, 0.1) is 11.8 Å². The van der Waals surface area contributed by atoms with E-state index < -0.39 is 10.0 Å². The van der Waals surface area contributed by atoms with Gasteiger partial charge in [-0.15, -0.1) is 12.4 Å². The van der Waals surface area contributed by atoms with Crippen LogP contribution in [0.1, 0.15) is 26.2 Å². The molecule has 1 aliphatic carbocycles. The summed E-state index contributed by atoms with van der Waals surface area (Å²) in [6.45, 7) is 3.08. The molecule has 0 aromatic heterocycles. The number of halogens is 1. The molecule has 1 amide bonds. The van der Waals surface area contributed by atoms with Gasteiger partial charge in [0, 0.05) is 25.6 Å². The second-order valence-corrected chi connectivity index (χ2v) is 7.14. The van der Waals surface area contributed by atoms with E-state index in [1.54, 1.807) is 14.0 Å². The molecule has 3 N–H and O–H groups in total. The number of carbonyl (C=O) groups excluding carboxylic acids is 1. The molecule has 6 nitrogen and oxygen atoms in total. The number of amides is 1. The normalized spacial score (nSPS) is 16.9. The van der Waals surface area contributed by atoms with Gasteiger partial charge in [-0.1, -0.05) is 13.3 Å². The molecule has 0 saturated heterocycles. The lowest BCUT2D eigenvalue weighted by molar-refractivity contribution is -0.124. The molecule has 0 spiro atoms. The summed E-state index contributed by atoms with van der Waals surface area (Å²) in [7, 11) is -1.49. The molecule has 8 heteroatoms. The van der Waals surface area contributed by atoms with Crippen molar-refractivity contribution in [3.05, 3.63) is 0 Å². The molecular formula is C12H26ClN3O3S. The quantitative estimate of drug-likeness (QED) is 0.560. The van der Waals surface area contributed by atoms with Crippen LogP contribution in [-0.4, -0.2) is 46.8 Å². The van der Waals surface area contributed by atoms with Crippen LogP contribution in [0.15, 0.2) is 0 Å². The second kappa shape index (κ2) is 9.55. The lowest BCUT2D eigenvalue weighted by Crippen LogP contribution is -2.40. The van der Waals surface area contributed by atoms with Gasteiger partial charge in [0.15, 0.2) is 0 Å². The Bertz CT molecular complexity index is 385. The van der Waals surface area contributed by atoms with Gasteiger partial charge in [-0.05, 0) is 25.8 Å². The molecule has 1 unspecified atom stereocenters. The molecule has 0 bridgehead atoms. The summed E-state index contributed by atoms with van der Waals surface area (Å²) in [5.74, 6) is 0.164. The van der Waals surface area contributed by atoms with E-state index in [9.17, 15) is 13.2 Å². The third-order valence-corrected chi connectivity index (χ3v) is 4.79. The topological polar surface area (TPSA) is 87.3 Å². The standard InChI is InChI=1S/C12H25N3O3S.ClH/c1-10(8-13-2)12(16)14-6-7-19(17,18)15-9-11-4-3-5-11;/h10-11,13,15H,3-9H2,1-2H3,(H,14,16);1H. The van der Waals surface area contributed by atoms with Crippen LogP contribution >= 0.6 is 12.4 Å². The lowest BCUT2D eigenvalue weighted by atomic mass is 9.86. The number of carbonyl (C=O) groups is 1. The molecule has 1 atom stereocenters. The Labute approximate surface area is 127 Å². The van der Waals surface area contributed by atoms with Gasteiger partial charge in [0.05, 0.1) is 5.75 Å². The first-order chi connectivity index (χ1) is 8.94. The van der Waals surface area contributed by atoms with Crippen molar-refractivity contribution in [2.75, 3.05) is 32.4 Å². The highest BCUT2D eigenvalue weighted by Crippen LogP contribution is 2.25. The smallest absolute Gasteiger partial charge is 0.224 e. The van der Waals surface area contributed by atoms with Gasteiger partial charge in [-0.3, -0.25) is 4.79 Å². The minimum atomic E-state index is -3.27. The van der Waals surface area contributed by atoms with Crippen LogP contribution in [-0.2, 0) is 14.8 Å². The number of sulfonamides is 1. The Hall–Kier alpha value is -0.370. The summed E-state index contributed by atoms with van der Waals surface area (Å²) in [6, 6.07) is 0. The van der Waals surface area contributed by atoms with E-state index >= 15 is 0 Å². The van der Waals surface area contributed by atoms with E-state index in [1.165, 1.54) is 6.42 Å². The summed E-state index contributed by atoms with van der Waals surface area (Å²) in [5.41, 5.74) is 0. The van der Waals surface area contributed by atoms with Crippen molar-refractivity contribution in [3.63, 3.8) is 0 Å². The van der Waals surface area contributed by atoms with Crippen LogP contribution in [0.25, 0.3) is 0 Å². The Morgan fingerprint density at radius 2 is 2.00 bits per heavy atom. The van der Waals surface area contributed by atoms with Gasteiger partial charge in [-0.25, -0.2) is 13.1 Å². The van der Waals surface area contributed by atoms with Gasteiger partial charge in [0.1, 0.15) is 0 Å². The van der Waals surface area contributed by atoms with Gasteiger partial charge in [-0.2, -0.15) is 0 Å². The maximum atomic E-state index is 11.7. The molecule has 20 heavy (non-hydrogen) atoms. The number of rotatable bonds is 9.